The first kappa shape index (κ1) is 16.6. The predicted octanol–water partition coefficient (Wildman–Crippen LogP) is -0.00940. The molecule has 0 bridgehead atoms. The summed E-state index contributed by atoms with van der Waals surface area (Å²) in [5.74, 6) is -2.87. The summed E-state index contributed by atoms with van der Waals surface area (Å²) >= 11 is 0. The summed E-state index contributed by atoms with van der Waals surface area (Å²) in [6.07, 6.45) is -0.0161. The lowest BCUT2D eigenvalue weighted by Gasteiger charge is -2.15. The van der Waals surface area contributed by atoms with Crippen LogP contribution in [0.15, 0.2) is 30.3 Å². The van der Waals surface area contributed by atoms with Crippen molar-refractivity contribution in [2.24, 2.45) is 5.73 Å². The highest BCUT2D eigenvalue weighted by molar-refractivity contribution is 5.84. The third kappa shape index (κ3) is 6.05. The number of aliphatic carboxylic acids is 2. The van der Waals surface area contributed by atoms with Gasteiger partial charge in [0.2, 0.25) is 5.91 Å². The molecule has 1 amide bonds. The predicted molar refractivity (Wildman–Crippen MR) is 74.6 cm³/mol. The number of carbonyl (C=O) groups excluding carboxylic acids is 1. The molecule has 0 unspecified atom stereocenters. The van der Waals surface area contributed by atoms with Gasteiger partial charge in [0.15, 0.2) is 0 Å². The Morgan fingerprint density at radius 2 is 1.71 bits per heavy atom. The molecule has 0 aliphatic heterocycles. The standard InChI is InChI=1S/C14H18N2O5/c15-10(13(18)19)6-7-12(17)16-11(14(20)21)8-9-4-2-1-3-5-9/h1-5,10-11H,6-8,15H2,(H,16,17)(H,18,19)(H,20,21)/t10-,11+/m1/s1. The van der Waals surface area contributed by atoms with Gasteiger partial charge in [-0.2, -0.15) is 0 Å². The number of benzene rings is 1. The summed E-state index contributed by atoms with van der Waals surface area (Å²) in [4.78, 5) is 33.3. The first-order valence-corrected chi connectivity index (χ1v) is 6.44. The lowest BCUT2D eigenvalue weighted by molar-refractivity contribution is -0.142. The minimum absolute atomic E-state index is 0.0428. The number of carboxylic acid groups (broad SMARTS) is 2. The van der Waals surface area contributed by atoms with Crippen LogP contribution in [-0.2, 0) is 20.8 Å². The van der Waals surface area contributed by atoms with E-state index in [1.54, 1.807) is 24.3 Å². The fraction of sp³-hybridized carbons (Fsp3) is 0.357. The fourth-order valence-corrected chi connectivity index (χ4v) is 1.73. The molecule has 0 aliphatic carbocycles. The van der Waals surface area contributed by atoms with Crippen LogP contribution in [0.5, 0.6) is 0 Å². The smallest absolute Gasteiger partial charge is 0.326 e. The number of carboxylic acids is 2. The number of carbonyl (C=O) groups is 3. The highest BCUT2D eigenvalue weighted by atomic mass is 16.4. The molecule has 0 saturated heterocycles. The summed E-state index contributed by atoms with van der Waals surface area (Å²) in [7, 11) is 0. The second-order valence-corrected chi connectivity index (χ2v) is 4.63. The maximum Gasteiger partial charge on any atom is 0.326 e. The van der Waals surface area contributed by atoms with Crippen molar-refractivity contribution in [3.05, 3.63) is 35.9 Å². The van der Waals surface area contributed by atoms with Crippen molar-refractivity contribution in [1.29, 1.82) is 0 Å². The summed E-state index contributed by atoms with van der Waals surface area (Å²) in [6, 6.07) is 6.72. The van der Waals surface area contributed by atoms with Crippen molar-refractivity contribution in [3.8, 4) is 0 Å². The largest absolute Gasteiger partial charge is 0.480 e. The Labute approximate surface area is 121 Å². The monoisotopic (exact) mass is 294 g/mol. The maximum absolute atomic E-state index is 11.7. The van der Waals surface area contributed by atoms with Crippen LogP contribution in [-0.4, -0.2) is 40.1 Å². The van der Waals surface area contributed by atoms with Gasteiger partial charge in [0.1, 0.15) is 12.1 Å². The minimum atomic E-state index is -1.19. The molecule has 7 heteroatoms. The van der Waals surface area contributed by atoms with E-state index in [4.69, 9.17) is 15.9 Å². The van der Waals surface area contributed by atoms with Crippen LogP contribution >= 0.6 is 0 Å². The van der Waals surface area contributed by atoms with Crippen LogP contribution in [0, 0.1) is 0 Å². The Bertz CT molecular complexity index is 503. The lowest BCUT2D eigenvalue weighted by atomic mass is 10.1. The van der Waals surface area contributed by atoms with Gasteiger partial charge in [0, 0.05) is 12.8 Å². The Hall–Kier alpha value is -2.41. The van der Waals surface area contributed by atoms with Crippen molar-refractivity contribution < 1.29 is 24.6 Å². The number of hydrogen-bond donors (Lipinski definition) is 4. The number of amides is 1. The lowest BCUT2D eigenvalue weighted by Crippen LogP contribution is -2.43. The summed E-state index contributed by atoms with van der Waals surface area (Å²) in [5, 5.41) is 20.1. The van der Waals surface area contributed by atoms with E-state index in [0.717, 1.165) is 5.56 Å². The van der Waals surface area contributed by atoms with Crippen LogP contribution < -0.4 is 11.1 Å². The zero-order chi connectivity index (χ0) is 15.8. The van der Waals surface area contributed by atoms with E-state index in [2.05, 4.69) is 5.32 Å². The highest BCUT2D eigenvalue weighted by Crippen LogP contribution is 2.04. The van der Waals surface area contributed by atoms with Crippen molar-refractivity contribution in [3.63, 3.8) is 0 Å². The van der Waals surface area contributed by atoms with Gasteiger partial charge in [-0.3, -0.25) is 9.59 Å². The molecule has 1 aromatic carbocycles. The number of nitrogens with one attached hydrogen (secondary N) is 1. The molecule has 0 aliphatic rings. The average Bonchev–Trinajstić information content (AvgIpc) is 2.44. The van der Waals surface area contributed by atoms with E-state index in [9.17, 15) is 14.4 Å². The molecule has 7 nitrogen and oxygen atoms in total. The Morgan fingerprint density at radius 3 is 2.24 bits per heavy atom. The Balaban J connectivity index is 2.53. The van der Waals surface area contributed by atoms with Gasteiger partial charge < -0.3 is 21.3 Å². The van der Waals surface area contributed by atoms with E-state index < -0.39 is 29.9 Å². The number of rotatable bonds is 8. The average molecular weight is 294 g/mol. The van der Waals surface area contributed by atoms with Crippen molar-refractivity contribution in [2.75, 3.05) is 0 Å². The Morgan fingerprint density at radius 1 is 1.10 bits per heavy atom. The van der Waals surface area contributed by atoms with E-state index in [-0.39, 0.29) is 19.3 Å². The SMILES string of the molecule is N[C@H](CCC(=O)N[C@@H](Cc1ccccc1)C(=O)O)C(=O)O. The molecule has 0 fully saturated rings. The second-order valence-electron chi connectivity index (χ2n) is 4.63. The maximum atomic E-state index is 11.7. The molecule has 2 atom stereocenters. The first-order chi connectivity index (χ1) is 9.90. The molecule has 114 valence electrons. The zero-order valence-corrected chi connectivity index (χ0v) is 11.4. The molecule has 0 saturated carbocycles. The normalized spacial score (nSPS) is 13.2. The van der Waals surface area contributed by atoms with Crippen LogP contribution in [0.3, 0.4) is 0 Å². The van der Waals surface area contributed by atoms with Crippen LogP contribution in [0.4, 0.5) is 0 Å². The molecule has 0 aromatic heterocycles. The van der Waals surface area contributed by atoms with Gasteiger partial charge in [-0.25, -0.2) is 4.79 Å². The molecule has 0 heterocycles. The molecule has 0 spiro atoms. The molecule has 0 radical (unpaired) electrons. The first-order valence-electron chi connectivity index (χ1n) is 6.44. The van der Waals surface area contributed by atoms with Gasteiger partial charge in [-0.05, 0) is 12.0 Å². The van der Waals surface area contributed by atoms with Gasteiger partial charge in [0.25, 0.3) is 0 Å². The van der Waals surface area contributed by atoms with Gasteiger partial charge in [-0.15, -0.1) is 0 Å². The number of hydrogen-bond acceptors (Lipinski definition) is 4. The van der Waals surface area contributed by atoms with E-state index >= 15 is 0 Å². The third-order valence-corrected chi connectivity index (χ3v) is 2.92. The third-order valence-electron chi connectivity index (χ3n) is 2.92. The molecule has 21 heavy (non-hydrogen) atoms. The van der Waals surface area contributed by atoms with Crippen molar-refractivity contribution in [1.82, 2.24) is 5.32 Å². The fourth-order valence-electron chi connectivity index (χ4n) is 1.73. The van der Waals surface area contributed by atoms with Crippen molar-refractivity contribution in [2.45, 2.75) is 31.3 Å². The highest BCUT2D eigenvalue weighted by Gasteiger charge is 2.21. The second kappa shape index (κ2) is 8.01. The van der Waals surface area contributed by atoms with E-state index in [1.807, 2.05) is 6.07 Å². The van der Waals surface area contributed by atoms with E-state index in [1.165, 1.54) is 0 Å². The van der Waals surface area contributed by atoms with Crippen LogP contribution in [0.2, 0.25) is 0 Å². The number of nitrogens with two attached hydrogens (primary N) is 1. The summed E-state index contributed by atoms with van der Waals surface area (Å²) in [6.45, 7) is 0. The van der Waals surface area contributed by atoms with Gasteiger partial charge in [-0.1, -0.05) is 30.3 Å². The van der Waals surface area contributed by atoms with Crippen molar-refractivity contribution >= 4 is 17.8 Å². The molecule has 5 N–H and O–H groups in total. The minimum Gasteiger partial charge on any atom is -0.480 e. The quantitative estimate of drug-likeness (QED) is 0.533. The molecular weight excluding hydrogens is 276 g/mol. The topological polar surface area (TPSA) is 130 Å². The summed E-state index contributed by atoms with van der Waals surface area (Å²) < 4.78 is 0. The van der Waals surface area contributed by atoms with Crippen LogP contribution in [0.1, 0.15) is 18.4 Å². The summed E-state index contributed by atoms with van der Waals surface area (Å²) in [5.41, 5.74) is 6.07. The molecule has 1 aromatic rings. The van der Waals surface area contributed by atoms with Gasteiger partial charge in [0.05, 0.1) is 0 Å². The molecule has 1 rings (SSSR count). The molecular formula is C14H18N2O5. The van der Waals surface area contributed by atoms with E-state index in [0.29, 0.717) is 0 Å². The van der Waals surface area contributed by atoms with Crippen LogP contribution in [0.25, 0.3) is 0 Å². The Kier molecular flexibility index (Phi) is 6.35. The zero-order valence-electron chi connectivity index (χ0n) is 11.4. The van der Waals surface area contributed by atoms with Gasteiger partial charge >= 0.3 is 11.9 Å².